The molecule has 0 saturated carbocycles. The third-order valence-corrected chi connectivity index (χ3v) is 5.17. The zero-order valence-corrected chi connectivity index (χ0v) is 17.2. The van der Waals surface area contributed by atoms with Crippen LogP contribution < -0.4 is 0 Å². The first-order valence-electron chi connectivity index (χ1n) is 9.31. The van der Waals surface area contributed by atoms with Crippen molar-refractivity contribution in [2.45, 2.75) is 32.6 Å². The van der Waals surface area contributed by atoms with E-state index in [2.05, 4.69) is 10.1 Å². The van der Waals surface area contributed by atoms with E-state index in [0.717, 1.165) is 12.8 Å². The molecular weight excluding hydrogens is 403 g/mol. The first kappa shape index (κ1) is 20.6. The van der Waals surface area contributed by atoms with Crippen LogP contribution in [0, 0.1) is 0 Å². The highest BCUT2D eigenvalue weighted by molar-refractivity contribution is 6.36. The van der Waals surface area contributed by atoms with Crippen molar-refractivity contribution in [3.8, 4) is 0 Å². The van der Waals surface area contributed by atoms with Crippen molar-refractivity contribution in [2.24, 2.45) is 0 Å². The summed E-state index contributed by atoms with van der Waals surface area (Å²) in [5.41, 5.74) is 0.421. The highest BCUT2D eigenvalue weighted by atomic mass is 35.5. The molecule has 1 aliphatic heterocycles. The average Bonchev–Trinajstić information content (AvgIpc) is 3.13. The number of piperazine rings is 1. The summed E-state index contributed by atoms with van der Waals surface area (Å²) in [6, 6.07) is 4.82. The molecule has 0 spiro atoms. The number of nitrogens with zero attached hydrogens (tertiary/aromatic N) is 4. The summed E-state index contributed by atoms with van der Waals surface area (Å²) in [6.45, 7) is 3.95. The minimum Gasteiger partial charge on any atom is -0.339 e. The molecule has 9 heteroatoms. The number of hydrogen-bond donors (Lipinski definition) is 0. The van der Waals surface area contributed by atoms with Crippen LogP contribution in [0.3, 0.4) is 0 Å². The number of rotatable bonds is 6. The number of aromatic nitrogens is 2. The van der Waals surface area contributed by atoms with Gasteiger partial charge in [0.2, 0.25) is 11.8 Å². The van der Waals surface area contributed by atoms with E-state index < -0.39 is 0 Å². The summed E-state index contributed by atoms with van der Waals surface area (Å²) in [5.74, 6) is 1.04. The van der Waals surface area contributed by atoms with Gasteiger partial charge < -0.3 is 14.3 Å². The Bertz CT molecular complexity index is 847. The SMILES string of the molecule is CCCc1noc(CCC(=O)N2CCN(C(=O)c3ccc(Cl)cc3Cl)CC2)n1. The lowest BCUT2D eigenvalue weighted by molar-refractivity contribution is -0.132. The normalized spacial score (nSPS) is 14.4. The smallest absolute Gasteiger partial charge is 0.255 e. The molecule has 0 N–H and O–H groups in total. The van der Waals surface area contributed by atoms with Gasteiger partial charge in [0.1, 0.15) is 0 Å². The predicted octanol–water partition coefficient (Wildman–Crippen LogP) is 3.25. The van der Waals surface area contributed by atoms with Crippen LogP contribution in [-0.2, 0) is 17.6 Å². The topological polar surface area (TPSA) is 79.5 Å². The molecule has 28 heavy (non-hydrogen) atoms. The van der Waals surface area contributed by atoms with Gasteiger partial charge in [0, 0.05) is 50.5 Å². The maximum Gasteiger partial charge on any atom is 0.255 e. The number of carbonyl (C=O) groups is 2. The quantitative estimate of drug-likeness (QED) is 0.710. The monoisotopic (exact) mass is 424 g/mol. The Kier molecular flexibility index (Phi) is 6.91. The molecule has 2 amide bonds. The molecule has 1 aromatic carbocycles. The van der Waals surface area contributed by atoms with Crippen molar-refractivity contribution in [1.29, 1.82) is 0 Å². The van der Waals surface area contributed by atoms with Gasteiger partial charge in [-0.15, -0.1) is 0 Å². The molecule has 2 aromatic rings. The Hall–Kier alpha value is -2.12. The van der Waals surface area contributed by atoms with E-state index in [1.165, 1.54) is 0 Å². The predicted molar refractivity (Wildman–Crippen MR) is 106 cm³/mol. The van der Waals surface area contributed by atoms with Crippen LogP contribution in [0.25, 0.3) is 0 Å². The Morgan fingerprint density at radius 2 is 1.82 bits per heavy atom. The van der Waals surface area contributed by atoms with Gasteiger partial charge in [0.25, 0.3) is 5.91 Å². The summed E-state index contributed by atoms with van der Waals surface area (Å²) in [7, 11) is 0. The van der Waals surface area contributed by atoms with Gasteiger partial charge in [0.05, 0.1) is 10.6 Å². The molecule has 1 saturated heterocycles. The van der Waals surface area contributed by atoms with Crippen molar-refractivity contribution < 1.29 is 14.1 Å². The average molecular weight is 425 g/mol. The third kappa shape index (κ3) is 5.02. The van der Waals surface area contributed by atoms with E-state index in [1.807, 2.05) is 6.92 Å². The molecule has 150 valence electrons. The molecular formula is C19H22Cl2N4O3. The zero-order chi connectivity index (χ0) is 20.1. The van der Waals surface area contributed by atoms with Crippen LogP contribution in [0.15, 0.2) is 22.7 Å². The van der Waals surface area contributed by atoms with E-state index in [0.29, 0.717) is 66.3 Å². The summed E-state index contributed by atoms with van der Waals surface area (Å²) in [5, 5.41) is 4.71. The summed E-state index contributed by atoms with van der Waals surface area (Å²) >= 11 is 12.0. The lowest BCUT2D eigenvalue weighted by atomic mass is 10.1. The second-order valence-electron chi connectivity index (χ2n) is 6.65. The van der Waals surface area contributed by atoms with Crippen LogP contribution in [-0.4, -0.2) is 57.9 Å². The maximum atomic E-state index is 12.6. The number of carbonyl (C=O) groups excluding carboxylic acids is 2. The van der Waals surface area contributed by atoms with E-state index in [-0.39, 0.29) is 11.8 Å². The van der Waals surface area contributed by atoms with E-state index in [9.17, 15) is 9.59 Å². The summed E-state index contributed by atoms with van der Waals surface area (Å²) < 4.78 is 5.17. The van der Waals surface area contributed by atoms with E-state index >= 15 is 0 Å². The molecule has 2 heterocycles. The molecule has 0 aliphatic carbocycles. The van der Waals surface area contributed by atoms with Crippen molar-refractivity contribution in [2.75, 3.05) is 26.2 Å². The number of amides is 2. The van der Waals surface area contributed by atoms with Crippen molar-refractivity contribution >= 4 is 35.0 Å². The van der Waals surface area contributed by atoms with Crippen molar-refractivity contribution in [3.63, 3.8) is 0 Å². The fourth-order valence-corrected chi connectivity index (χ4v) is 3.57. The largest absolute Gasteiger partial charge is 0.339 e. The Labute approximate surface area is 173 Å². The van der Waals surface area contributed by atoms with Gasteiger partial charge >= 0.3 is 0 Å². The molecule has 0 atom stereocenters. The molecule has 3 rings (SSSR count). The maximum absolute atomic E-state index is 12.6. The van der Waals surface area contributed by atoms with Gasteiger partial charge in [0.15, 0.2) is 5.82 Å². The standard InChI is InChI=1S/C19H22Cl2N4O3/c1-2-3-16-22-17(28-23-16)6-7-18(26)24-8-10-25(11-9-24)19(27)14-5-4-13(20)12-15(14)21/h4-5,12H,2-3,6-11H2,1H3. The van der Waals surface area contributed by atoms with Crippen LogP contribution in [0.1, 0.15) is 41.8 Å². The summed E-state index contributed by atoms with van der Waals surface area (Å²) in [6.07, 6.45) is 2.45. The van der Waals surface area contributed by atoms with Crippen LogP contribution in [0.5, 0.6) is 0 Å². The first-order chi connectivity index (χ1) is 13.5. The number of benzene rings is 1. The fourth-order valence-electron chi connectivity index (χ4n) is 3.08. The van der Waals surface area contributed by atoms with Gasteiger partial charge in [-0.05, 0) is 24.6 Å². The van der Waals surface area contributed by atoms with E-state index in [4.69, 9.17) is 27.7 Å². The van der Waals surface area contributed by atoms with Gasteiger partial charge in [-0.2, -0.15) is 4.98 Å². The van der Waals surface area contributed by atoms with E-state index in [1.54, 1.807) is 28.0 Å². The zero-order valence-electron chi connectivity index (χ0n) is 15.7. The Morgan fingerprint density at radius 1 is 1.11 bits per heavy atom. The lowest BCUT2D eigenvalue weighted by Gasteiger charge is -2.35. The van der Waals surface area contributed by atoms with Crippen LogP contribution >= 0.6 is 23.2 Å². The van der Waals surface area contributed by atoms with Crippen LogP contribution in [0.2, 0.25) is 10.0 Å². The molecule has 1 fully saturated rings. The van der Waals surface area contributed by atoms with Crippen molar-refractivity contribution in [1.82, 2.24) is 19.9 Å². The molecule has 0 bridgehead atoms. The highest BCUT2D eigenvalue weighted by Gasteiger charge is 2.26. The third-order valence-electron chi connectivity index (χ3n) is 4.62. The number of aryl methyl sites for hydroxylation is 2. The Morgan fingerprint density at radius 3 is 2.50 bits per heavy atom. The Balaban J connectivity index is 1.48. The second-order valence-corrected chi connectivity index (χ2v) is 7.50. The molecule has 0 radical (unpaired) electrons. The molecule has 0 unspecified atom stereocenters. The fraction of sp³-hybridized carbons (Fsp3) is 0.474. The molecule has 7 nitrogen and oxygen atoms in total. The lowest BCUT2D eigenvalue weighted by Crippen LogP contribution is -2.50. The molecule has 1 aromatic heterocycles. The number of hydrogen-bond acceptors (Lipinski definition) is 5. The van der Waals surface area contributed by atoms with Gasteiger partial charge in [-0.25, -0.2) is 0 Å². The second kappa shape index (κ2) is 9.39. The minimum atomic E-state index is -0.150. The van der Waals surface area contributed by atoms with Crippen molar-refractivity contribution in [3.05, 3.63) is 45.5 Å². The van der Waals surface area contributed by atoms with Gasteiger partial charge in [-0.3, -0.25) is 9.59 Å². The van der Waals surface area contributed by atoms with Crippen LogP contribution in [0.4, 0.5) is 0 Å². The molecule has 1 aliphatic rings. The highest BCUT2D eigenvalue weighted by Crippen LogP contribution is 2.23. The number of halogens is 2. The first-order valence-corrected chi connectivity index (χ1v) is 10.1. The summed E-state index contributed by atoms with van der Waals surface area (Å²) in [4.78, 5) is 32.8. The van der Waals surface area contributed by atoms with Gasteiger partial charge in [-0.1, -0.05) is 35.3 Å². The minimum absolute atomic E-state index is 0.0202.